The number of hydrogen-bond acceptors (Lipinski definition) is 2. The highest BCUT2D eigenvalue weighted by Crippen LogP contribution is 2.01. The van der Waals surface area contributed by atoms with Crippen molar-refractivity contribution in [3.8, 4) is 12.3 Å². The van der Waals surface area contributed by atoms with Crippen molar-refractivity contribution in [1.29, 1.82) is 0 Å². The van der Waals surface area contributed by atoms with E-state index in [0.29, 0.717) is 0 Å². The number of hydrogen-bond donors (Lipinski definition) is 1. The molecule has 1 aromatic rings. The number of aryl methyl sites for hydroxylation is 2. The van der Waals surface area contributed by atoms with Crippen molar-refractivity contribution in [2.75, 3.05) is 0 Å². The zero-order chi connectivity index (χ0) is 9.84. The van der Waals surface area contributed by atoms with E-state index in [1.807, 2.05) is 25.6 Å². The van der Waals surface area contributed by atoms with Crippen LogP contribution in [0.2, 0.25) is 0 Å². The normalized spacial score (nSPS) is 12.5. The molecule has 3 heteroatoms. The smallest absolute Gasteiger partial charge is 0.0661 e. The van der Waals surface area contributed by atoms with E-state index in [0.717, 1.165) is 17.9 Å². The van der Waals surface area contributed by atoms with Gasteiger partial charge in [-0.15, -0.1) is 6.42 Å². The molecule has 1 N–H and O–H groups in total. The van der Waals surface area contributed by atoms with Gasteiger partial charge in [0, 0.05) is 13.6 Å². The predicted molar refractivity (Wildman–Crippen MR) is 53.1 cm³/mol. The molecule has 1 atom stereocenters. The van der Waals surface area contributed by atoms with Gasteiger partial charge in [0.05, 0.1) is 17.4 Å². The van der Waals surface area contributed by atoms with Crippen molar-refractivity contribution in [2.24, 2.45) is 7.05 Å². The molecule has 0 aliphatic rings. The first kappa shape index (κ1) is 9.82. The lowest BCUT2D eigenvalue weighted by molar-refractivity contribution is 0.600. The van der Waals surface area contributed by atoms with Gasteiger partial charge in [0.2, 0.25) is 0 Å². The minimum atomic E-state index is 0.107. The molecule has 13 heavy (non-hydrogen) atoms. The van der Waals surface area contributed by atoms with Crippen LogP contribution in [-0.2, 0) is 13.6 Å². The van der Waals surface area contributed by atoms with Crippen LogP contribution in [0.25, 0.3) is 0 Å². The van der Waals surface area contributed by atoms with E-state index >= 15 is 0 Å². The highest BCUT2D eigenvalue weighted by Gasteiger charge is 2.02. The van der Waals surface area contributed by atoms with Crippen molar-refractivity contribution in [3.63, 3.8) is 0 Å². The Hall–Kier alpha value is -1.27. The number of terminal acetylenes is 1. The lowest BCUT2D eigenvalue weighted by Gasteiger charge is -2.06. The first-order valence-electron chi connectivity index (χ1n) is 4.32. The quantitative estimate of drug-likeness (QED) is 0.693. The van der Waals surface area contributed by atoms with Crippen LogP contribution in [0, 0.1) is 19.3 Å². The van der Waals surface area contributed by atoms with Gasteiger partial charge in [-0.3, -0.25) is 10.00 Å². The Bertz CT molecular complexity index is 319. The minimum absolute atomic E-state index is 0.107. The molecule has 0 spiro atoms. The average Bonchev–Trinajstić information content (AvgIpc) is 2.41. The van der Waals surface area contributed by atoms with E-state index in [-0.39, 0.29) is 6.04 Å². The average molecular weight is 177 g/mol. The Balaban J connectivity index is 2.55. The summed E-state index contributed by atoms with van der Waals surface area (Å²) in [5.74, 6) is 2.62. The predicted octanol–water partition coefficient (Wildman–Crippen LogP) is 0.840. The highest BCUT2D eigenvalue weighted by molar-refractivity contribution is 5.09. The fourth-order valence-corrected chi connectivity index (χ4v) is 1.15. The molecule has 1 unspecified atom stereocenters. The summed E-state index contributed by atoms with van der Waals surface area (Å²) >= 11 is 0. The molecular formula is C10H15N3. The molecule has 0 aliphatic heterocycles. The first-order valence-corrected chi connectivity index (χ1v) is 4.32. The van der Waals surface area contributed by atoms with Crippen LogP contribution in [0.5, 0.6) is 0 Å². The number of nitrogens with one attached hydrogen (secondary N) is 1. The fraction of sp³-hybridized carbons (Fsp3) is 0.500. The van der Waals surface area contributed by atoms with Gasteiger partial charge in [-0.25, -0.2) is 0 Å². The third kappa shape index (κ3) is 2.60. The number of nitrogens with zero attached hydrogens (tertiary/aromatic N) is 2. The summed E-state index contributed by atoms with van der Waals surface area (Å²) < 4.78 is 1.87. The largest absolute Gasteiger partial charge is 0.298 e. The van der Waals surface area contributed by atoms with E-state index in [1.165, 1.54) is 0 Å². The Morgan fingerprint density at radius 2 is 2.46 bits per heavy atom. The lowest BCUT2D eigenvalue weighted by Crippen LogP contribution is -2.24. The number of rotatable bonds is 3. The summed E-state index contributed by atoms with van der Waals surface area (Å²) in [5, 5.41) is 7.45. The maximum atomic E-state index is 5.24. The fourth-order valence-electron chi connectivity index (χ4n) is 1.15. The van der Waals surface area contributed by atoms with Crippen LogP contribution in [0.1, 0.15) is 18.3 Å². The molecule has 0 bridgehead atoms. The summed E-state index contributed by atoms with van der Waals surface area (Å²) in [6.07, 6.45) is 5.24. The first-order chi connectivity index (χ1) is 6.13. The molecule has 0 aliphatic carbocycles. The lowest BCUT2D eigenvalue weighted by atomic mass is 10.3. The van der Waals surface area contributed by atoms with Gasteiger partial charge in [0.25, 0.3) is 0 Å². The van der Waals surface area contributed by atoms with Gasteiger partial charge >= 0.3 is 0 Å². The highest BCUT2D eigenvalue weighted by atomic mass is 15.3. The van der Waals surface area contributed by atoms with Crippen LogP contribution < -0.4 is 5.32 Å². The summed E-state index contributed by atoms with van der Waals surface area (Å²) in [5.41, 5.74) is 2.19. The van der Waals surface area contributed by atoms with Crippen molar-refractivity contribution in [1.82, 2.24) is 15.1 Å². The van der Waals surface area contributed by atoms with Crippen molar-refractivity contribution < 1.29 is 0 Å². The topological polar surface area (TPSA) is 29.9 Å². The van der Waals surface area contributed by atoms with Gasteiger partial charge in [-0.05, 0) is 19.9 Å². The third-order valence-electron chi connectivity index (χ3n) is 1.94. The molecule has 0 radical (unpaired) electrons. The molecule has 0 amide bonds. The zero-order valence-corrected chi connectivity index (χ0v) is 8.33. The summed E-state index contributed by atoms with van der Waals surface area (Å²) in [7, 11) is 1.94. The Labute approximate surface area is 79.1 Å². The second kappa shape index (κ2) is 4.11. The summed E-state index contributed by atoms with van der Waals surface area (Å²) in [4.78, 5) is 0. The van der Waals surface area contributed by atoms with Crippen molar-refractivity contribution >= 4 is 0 Å². The molecule has 0 saturated carbocycles. The van der Waals surface area contributed by atoms with Gasteiger partial charge in [0.1, 0.15) is 0 Å². The molecule has 0 saturated heterocycles. The summed E-state index contributed by atoms with van der Waals surface area (Å²) in [6.45, 7) is 4.71. The van der Waals surface area contributed by atoms with Crippen LogP contribution in [-0.4, -0.2) is 15.8 Å². The van der Waals surface area contributed by atoms with Gasteiger partial charge in [-0.1, -0.05) is 5.92 Å². The maximum Gasteiger partial charge on any atom is 0.0661 e. The number of aromatic nitrogens is 2. The van der Waals surface area contributed by atoms with Crippen molar-refractivity contribution in [3.05, 3.63) is 17.5 Å². The molecule has 1 rings (SSSR count). The van der Waals surface area contributed by atoms with Gasteiger partial charge in [-0.2, -0.15) is 5.10 Å². The molecule has 0 aromatic carbocycles. The Kier molecular flexibility index (Phi) is 3.10. The van der Waals surface area contributed by atoms with Crippen LogP contribution in [0.15, 0.2) is 6.07 Å². The van der Waals surface area contributed by atoms with Crippen LogP contribution >= 0.6 is 0 Å². The second-order valence-corrected chi connectivity index (χ2v) is 3.17. The van der Waals surface area contributed by atoms with E-state index in [2.05, 4.69) is 22.4 Å². The third-order valence-corrected chi connectivity index (χ3v) is 1.94. The van der Waals surface area contributed by atoms with Crippen molar-refractivity contribution in [2.45, 2.75) is 26.4 Å². The molecule has 1 heterocycles. The maximum absolute atomic E-state index is 5.24. The Morgan fingerprint density at radius 1 is 1.77 bits per heavy atom. The van der Waals surface area contributed by atoms with E-state index in [1.54, 1.807) is 0 Å². The van der Waals surface area contributed by atoms with Crippen LogP contribution in [0.4, 0.5) is 0 Å². The van der Waals surface area contributed by atoms with Crippen LogP contribution in [0.3, 0.4) is 0 Å². The van der Waals surface area contributed by atoms with E-state index in [9.17, 15) is 0 Å². The molecular weight excluding hydrogens is 162 g/mol. The van der Waals surface area contributed by atoms with E-state index in [4.69, 9.17) is 6.42 Å². The molecule has 0 fully saturated rings. The summed E-state index contributed by atoms with van der Waals surface area (Å²) in [6, 6.07) is 2.16. The second-order valence-electron chi connectivity index (χ2n) is 3.17. The zero-order valence-electron chi connectivity index (χ0n) is 8.33. The van der Waals surface area contributed by atoms with Gasteiger partial charge < -0.3 is 0 Å². The monoisotopic (exact) mass is 177 g/mol. The molecule has 3 nitrogen and oxygen atoms in total. The SMILES string of the molecule is C#CC(C)NCc1cc(C)nn1C. The standard InChI is InChI=1S/C10H15N3/c1-5-8(2)11-7-10-6-9(3)12-13(10)4/h1,6,8,11H,7H2,2-4H3. The van der Waals surface area contributed by atoms with Gasteiger partial charge in [0.15, 0.2) is 0 Å². The van der Waals surface area contributed by atoms with E-state index < -0.39 is 0 Å². The molecule has 70 valence electrons. The molecule has 1 aromatic heterocycles. The Morgan fingerprint density at radius 3 is 2.92 bits per heavy atom. The minimum Gasteiger partial charge on any atom is -0.298 e.